The molecule has 0 bridgehead atoms. The number of amides is 1. The summed E-state index contributed by atoms with van der Waals surface area (Å²) >= 11 is 0. The van der Waals surface area contributed by atoms with Gasteiger partial charge >= 0.3 is 0 Å². The highest BCUT2D eigenvalue weighted by molar-refractivity contribution is 6.00. The van der Waals surface area contributed by atoms with Crippen LogP contribution in [-0.4, -0.2) is 45.4 Å². The van der Waals surface area contributed by atoms with Crippen LogP contribution in [0, 0.1) is 0 Å². The van der Waals surface area contributed by atoms with Crippen molar-refractivity contribution in [2.45, 2.75) is 12.5 Å². The van der Waals surface area contributed by atoms with Gasteiger partial charge in [0, 0.05) is 19.3 Å². The van der Waals surface area contributed by atoms with E-state index in [2.05, 4.69) is 0 Å². The zero-order valence-corrected chi connectivity index (χ0v) is 11.2. The predicted molar refractivity (Wildman–Crippen MR) is 73.2 cm³/mol. The Labute approximate surface area is 113 Å². The van der Waals surface area contributed by atoms with Crippen LogP contribution >= 0.6 is 0 Å². The van der Waals surface area contributed by atoms with Crippen LogP contribution in [0.2, 0.25) is 0 Å². The maximum Gasteiger partial charge on any atom is 0.244 e. The number of hydrogen-bond donors (Lipinski definition) is 1. The van der Waals surface area contributed by atoms with Gasteiger partial charge in [-0.15, -0.1) is 0 Å². The maximum atomic E-state index is 12.1. The van der Waals surface area contributed by atoms with Gasteiger partial charge in [-0.25, -0.2) is 0 Å². The van der Waals surface area contributed by atoms with Crippen LogP contribution in [0.5, 0.6) is 0 Å². The normalized spacial score (nSPS) is 18.5. The van der Waals surface area contributed by atoms with E-state index in [0.29, 0.717) is 32.8 Å². The maximum absolute atomic E-state index is 12.1. The Morgan fingerprint density at radius 1 is 1.32 bits per heavy atom. The van der Waals surface area contributed by atoms with Crippen molar-refractivity contribution in [3.63, 3.8) is 0 Å². The number of methoxy groups -OCH3 is 1. The minimum absolute atomic E-state index is 0.0333. The number of carbonyl (C=O) groups is 1. The van der Waals surface area contributed by atoms with E-state index in [1.54, 1.807) is 12.0 Å². The summed E-state index contributed by atoms with van der Waals surface area (Å²) in [5.74, 6) is -0.0333. The predicted octanol–water partition coefficient (Wildman–Crippen LogP) is 0.566. The molecule has 1 atom stereocenters. The topological polar surface area (TPSA) is 64.8 Å². The van der Waals surface area contributed by atoms with Crippen LogP contribution < -0.4 is 10.6 Å². The molecule has 0 fully saturated rings. The molecule has 1 amide bonds. The molecule has 5 nitrogen and oxygen atoms in total. The van der Waals surface area contributed by atoms with Crippen molar-refractivity contribution in [3.05, 3.63) is 29.8 Å². The molecule has 0 saturated heterocycles. The summed E-state index contributed by atoms with van der Waals surface area (Å²) in [4.78, 5) is 13.8. The summed E-state index contributed by atoms with van der Waals surface area (Å²) in [5, 5.41) is 0. The van der Waals surface area contributed by atoms with Gasteiger partial charge < -0.3 is 20.1 Å². The first-order valence-electron chi connectivity index (χ1n) is 6.45. The van der Waals surface area contributed by atoms with Crippen molar-refractivity contribution < 1.29 is 14.3 Å². The average Bonchev–Trinajstić information content (AvgIpc) is 2.42. The standard InChI is InChI=1S/C14H20N2O3/c1-18-8-9-19-7-6-16-13-5-3-2-4-11(13)10-12(15)14(16)17/h2-5,12H,6-10,15H2,1H3. The average molecular weight is 264 g/mol. The zero-order valence-electron chi connectivity index (χ0n) is 11.2. The van der Waals surface area contributed by atoms with Crippen molar-refractivity contribution >= 4 is 11.6 Å². The number of nitrogens with zero attached hydrogens (tertiary/aromatic N) is 1. The summed E-state index contributed by atoms with van der Waals surface area (Å²) < 4.78 is 10.3. The van der Waals surface area contributed by atoms with Gasteiger partial charge in [-0.2, -0.15) is 0 Å². The van der Waals surface area contributed by atoms with E-state index in [1.807, 2.05) is 24.3 Å². The molecule has 1 unspecified atom stereocenters. The second-order valence-electron chi connectivity index (χ2n) is 4.53. The van der Waals surface area contributed by atoms with Crippen molar-refractivity contribution in [1.82, 2.24) is 0 Å². The fourth-order valence-electron chi connectivity index (χ4n) is 2.22. The molecule has 5 heteroatoms. The first kappa shape index (κ1) is 14.0. The lowest BCUT2D eigenvalue weighted by atomic mass is 9.98. The van der Waals surface area contributed by atoms with Crippen molar-refractivity contribution in [1.29, 1.82) is 0 Å². The molecule has 1 aliphatic rings. The van der Waals surface area contributed by atoms with Crippen LogP contribution in [0.3, 0.4) is 0 Å². The first-order chi connectivity index (χ1) is 9.24. The molecule has 0 spiro atoms. The van der Waals surface area contributed by atoms with E-state index in [0.717, 1.165) is 11.3 Å². The first-order valence-corrected chi connectivity index (χ1v) is 6.45. The van der Waals surface area contributed by atoms with Crippen LogP contribution in [0.25, 0.3) is 0 Å². The summed E-state index contributed by atoms with van der Waals surface area (Å²) in [6.07, 6.45) is 0.607. The second kappa shape index (κ2) is 6.65. The largest absolute Gasteiger partial charge is 0.382 e. The molecule has 1 aromatic carbocycles. The van der Waals surface area contributed by atoms with E-state index in [4.69, 9.17) is 15.2 Å². The van der Waals surface area contributed by atoms with Gasteiger partial charge in [-0.05, 0) is 18.1 Å². The third kappa shape index (κ3) is 3.32. The number of fused-ring (bicyclic) bond motifs is 1. The van der Waals surface area contributed by atoms with Gasteiger partial charge in [0.1, 0.15) is 0 Å². The van der Waals surface area contributed by atoms with E-state index >= 15 is 0 Å². The minimum atomic E-state index is -0.450. The molecule has 2 rings (SSSR count). The lowest BCUT2D eigenvalue weighted by Gasteiger charge is -2.32. The molecule has 0 aromatic heterocycles. The molecule has 0 aliphatic carbocycles. The van der Waals surface area contributed by atoms with Gasteiger partial charge in [0.15, 0.2) is 0 Å². The highest BCUT2D eigenvalue weighted by Crippen LogP contribution is 2.26. The van der Waals surface area contributed by atoms with E-state index in [9.17, 15) is 4.79 Å². The summed E-state index contributed by atoms with van der Waals surface area (Å²) in [6, 6.07) is 7.42. The smallest absolute Gasteiger partial charge is 0.244 e. The summed E-state index contributed by atoms with van der Waals surface area (Å²) in [7, 11) is 1.63. The van der Waals surface area contributed by atoms with E-state index < -0.39 is 6.04 Å². The molecule has 1 aliphatic heterocycles. The number of para-hydroxylation sites is 1. The Kier molecular flexibility index (Phi) is 4.90. The van der Waals surface area contributed by atoms with Crippen LogP contribution in [0.1, 0.15) is 5.56 Å². The zero-order chi connectivity index (χ0) is 13.7. The molecule has 104 valence electrons. The molecule has 1 heterocycles. The Bertz CT molecular complexity index is 436. The summed E-state index contributed by atoms with van der Waals surface area (Å²) in [5.41, 5.74) is 7.95. The number of carbonyl (C=O) groups excluding carboxylic acids is 1. The lowest BCUT2D eigenvalue weighted by Crippen LogP contribution is -2.50. The van der Waals surface area contributed by atoms with E-state index in [-0.39, 0.29) is 5.91 Å². The fourth-order valence-corrected chi connectivity index (χ4v) is 2.22. The van der Waals surface area contributed by atoms with Gasteiger partial charge in [0.25, 0.3) is 0 Å². The highest BCUT2D eigenvalue weighted by atomic mass is 16.5. The minimum Gasteiger partial charge on any atom is -0.382 e. The van der Waals surface area contributed by atoms with E-state index in [1.165, 1.54) is 0 Å². The number of hydrogen-bond acceptors (Lipinski definition) is 4. The van der Waals surface area contributed by atoms with Gasteiger partial charge in [-0.1, -0.05) is 18.2 Å². The monoisotopic (exact) mass is 264 g/mol. The molecular formula is C14H20N2O3. The number of ether oxygens (including phenoxy) is 2. The third-order valence-corrected chi connectivity index (χ3v) is 3.20. The van der Waals surface area contributed by atoms with Crippen LogP contribution in [-0.2, 0) is 20.7 Å². The quantitative estimate of drug-likeness (QED) is 0.763. The number of benzene rings is 1. The molecule has 2 N–H and O–H groups in total. The molecule has 0 radical (unpaired) electrons. The van der Waals surface area contributed by atoms with Gasteiger partial charge in [0.2, 0.25) is 5.91 Å². The number of rotatable bonds is 6. The summed E-state index contributed by atoms with van der Waals surface area (Å²) in [6.45, 7) is 2.10. The Morgan fingerprint density at radius 2 is 2.11 bits per heavy atom. The van der Waals surface area contributed by atoms with Crippen LogP contribution in [0.4, 0.5) is 5.69 Å². The van der Waals surface area contributed by atoms with Gasteiger partial charge in [-0.3, -0.25) is 4.79 Å². The molecule has 1 aromatic rings. The Balaban J connectivity index is 2.00. The van der Waals surface area contributed by atoms with Crippen LogP contribution in [0.15, 0.2) is 24.3 Å². The molecule has 0 saturated carbocycles. The second-order valence-corrected chi connectivity index (χ2v) is 4.53. The molecule has 19 heavy (non-hydrogen) atoms. The van der Waals surface area contributed by atoms with Gasteiger partial charge in [0.05, 0.1) is 25.9 Å². The highest BCUT2D eigenvalue weighted by Gasteiger charge is 2.29. The fraction of sp³-hybridized carbons (Fsp3) is 0.500. The number of anilines is 1. The third-order valence-electron chi connectivity index (χ3n) is 3.20. The Hall–Kier alpha value is -1.43. The SMILES string of the molecule is COCCOCCN1C(=O)C(N)Cc2ccccc21. The number of nitrogens with two attached hydrogens (primary N) is 1. The molecular weight excluding hydrogens is 244 g/mol. The van der Waals surface area contributed by atoms with Crippen molar-refractivity contribution in [2.24, 2.45) is 5.73 Å². The van der Waals surface area contributed by atoms with Crippen molar-refractivity contribution in [2.75, 3.05) is 38.4 Å². The lowest BCUT2D eigenvalue weighted by molar-refractivity contribution is -0.120. The van der Waals surface area contributed by atoms with Crippen molar-refractivity contribution in [3.8, 4) is 0 Å². The Morgan fingerprint density at radius 3 is 2.89 bits per heavy atom.